The fraction of sp³-hybridized carbons (Fsp3) is 0.353. The van der Waals surface area contributed by atoms with Gasteiger partial charge in [0.2, 0.25) is 0 Å². The molecule has 1 aromatic heterocycles. The van der Waals surface area contributed by atoms with Gasteiger partial charge in [0.1, 0.15) is 11.5 Å². The molecule has 0 N–H and O–H groups in total. The zero-order valence-electron chi connectivity index (χ0n) is 13.6. The van der Waals surface area contributed by atoms with Gasteiger partial charge in [-0.3, -0.25) is 5.01 Å². The van der Waals surface area contributed by atoms with Crippen molar-refractivity contribution in [1.29, 1.82) is 0 Å². The number of hydrazone groups is 1. The third-order valence-corrected chi connectivity index (χ3v) is 4.34. The van der Waals surface area contributed by atoms with E-state index in [-0.39, 0.29) is 16.3 Å². The summed E-state index contributed by atoms with van der Waals surface area (Å²) >= 11 is 6.03. The predicted octanol–water partition coefficient (Wildman–Crippen LogP) is 4.20. The van der Waals surface area contributed by atoms with E-state index >= 15 is 0 Å². The van der Waals surface area contributed by atoms with Gasteiger partial charge in [-0.1, -0.05) is 11.6 Å². The summed E-state index contributed by atoms with van der Waals surface area (Å²) in [5.41, 5.74) is -0.563. The molecule has 0 radical (unpaired) electrons. The monoisotopic (exact) mass is 371 g/mol. The van der Waals surface area contributed by atoms with Crippen molar-refractivity contribution in [3.05, 3.63) is 46.7 Å². The molecule has 1 aliphatic heterocycles. The standard InChI is InChI=1S/C17H17ClF3N3O/c1-23-6-8-24(9-7-23)22-11-13-3-5-16(25-13)14-10-12(17(19,20)21)2-4-15(14)18/h2-5,10-11H,6-9H2,1H3/b22-11+. The lowest BCUT2D eigenvalue weighted by molar-refractivity contribution is -0.137. The van der Waals surface area contributed by atoms with E-state index in [0.717, 1.165) is 38.3 Å². The Hall–Kier alpha value is -1.99. The van der Waals surface area contributed by atoms with E-state index in [9.17, 15) is 13.2 Å². The van der Waals surface area contributed by atoms with Crippen molar-refractivity contribution in [3.8, 4) is 11.3 Å². The lowest BCUT2D eigenvalue weighted by atomic mass is 10.1. The summed E-state index contributed by atoms with van der Waals surface area (Å²) in [6, 6.07) is 6.41. The van der Waals surface area contributed by atoms with Crippen molar-refractivity contribution in [3.63, 3.8) is 0 Å². The SMILES string of the molecule is CN1CCN(/N=C/c2ccc(-c3cc(C(F)(F)F)ccc3Cl)o2)CC1. The van der Waals surface area contributed by atoms with Crippen molar-refractivity contribution in [2.75, 3.05) is 33.2 Å². The topological polar surface area (TPSA) is 32.0 Å². The van der Waals surface area contributed by atoms with Crippen LogP contribution in [0.5, 0.6) is 0 Å². The van der Waals surface area contributed by atoms with E-state index in [0.29, 0.717) is 5.76 Å². The number of alkyl halides is 3. The van der Waals surface area contributed by atoms with E-state index in [4.69, 9.17) is 16.0 Å². The van der Waals surface area contributed by atoms with Crippen LogP contribution in [0.25, 0.3) is 11.3 Å². The molecule has 0 saturated carbocycles. The highest BCUT2D eigenvalue weighted by molar-refractivity contribution is 6.33. The molecule has 8 heteroatoms. The van der Waals surface area contributed by atoms with Gasteiger partial charge in [-0.15, -0.1) is 0 Å². The lowest BCUT2D eigenvalue weighted by Gasteiger charge is -2.30. The smallest absolute Gasteiger partial charge is 0.416 e. The maximum absolute atomic E-state index is 12.9. The van der Waals surface area contributed by atoms with Gasteiger partial charge < -0.3 is 9.32 Å². The molecule has 1 aromatic carbocycles. The third-order valence-electron chi connectivity index (χ3n) is 4.01. The van der Waals surface area contributed by atoms with Crippen molar-refractivity contribution < 1.29 is 17.6 Å². The molecule has 25 heavy (non-hydrogen) atoms. The lowest BCUT2D eigenvalue weighted by Crippen LogP contribution is -2.41. The molecule has 1 fully saturated rings. The van der Waals surface area contributed by atoms with Gasteiger partial charge in [-0.05, 0) is 37.4 Å². The molecule has 0 aliphatic carbocycles. The van der Waals surface area contributed by atoms with Crippen LogP contribution < -0.4 is 0 Å². The Bertz CT molecular complexity index is 765. The Morgan fingerprint density at radius 3 is 2.52 bits per heavy atom. The average Bonchev–Trinajstić information content (AvgIpc) is 3.02. The molecule has 0 unspecified atom stereocenters. The van der Waals surface area contributed by atoms with Gasteiger partial charge >= 0.3 is 6.18 Å². The summed E-state index contributed by atoms with van der Waals surface area (Å²) in [6.45, 7) is 3.50. The Kier molecular flexibility index (Phi) is 5.06. The van der Waals surface area contributed by atoms with Crippen LogP contribution in [-0.4, -0.2) is 49.4 Å². The second-order valence-electron chi connectivity index (χ2n) is 5.90. The minimum Gasteiger partial charge on any atom is -0.455 e. The summed E-state index contributed by atoms with van der Waals surface area (Å²) in [5.74, 6) is 0.735. The summed E-state index contributed by atoms with van der Waals surface area (Å²) in [6.07, 6.45) is -2.87. The number of furan rings is 1. The average molecular weight is 372 g/mol. The zero-order valence-corrected chi connectivity index (χ0v) is 14.3. The van der Waals surface area contributed by atoms with E-state index < -0.39 is 11.7 Å². The first-order chi connectivity index (χ1) is 11.8. The molecule has 1 saturated heterocycles. The fourth-order valence-electron chi connectivity index (χ4n) is 2.51. The van der Waals surface area contributed by atoms with Crippen LogP contribution in [-0.2, 0) is 6.18 Å². The number of benzene rings is 1. The van der Waals surface area contributed by atoms with E-state index in [2.05, 4.69) is 17.0 Å². The number of hydrogen-bond donors (Lipinski definition) is 0. The number of rotatable bonds is 3. The van der Waals surface area contributed by atoms with Gasteiger partial charge in [0.25, 0.3) is 0 Å². The molecule has 0 bridgehead atoms. The molecule has 0 amide bonds. The Morgan fingerprint density at radius 1 is 1.12 bits per heavy atom. The van der Waals surface area contributed by atoms with Crippen molar-refractivity contribution in [1.82, 2.24) is 9.91 Å². The van der Waals surface area contributed by atoms with Gasteiger partial charge in [-0.25, -0.2) is 0 Å². The van der Waals surface area contributed by atoms with Crippen LogP contribution in [0.4, 0.5) is 13.2 Å². The number of piperazine rings is 1. The second kappa shape index (κ2) is 7.09. The third kappa shape index (κ3) is 4.35. The first-order valence-corrected chi connectivity index (χ1v) is 8.15. The van der Waals surface area contributed by atoms with Crippen LogP contribution in [0.2, 0.25) is 5.02 Å². The largest absolute Gasteiger partial charge is 0.455 e. The van der Waals surface area contributed by atoms with Gasteiger partial charge in [0, 0.05) is 31.7 Å². The Morgan fingerprint density at radius 2 is 1.84 bits per heavy atom. The maximum Gasteiger partial charge on any atom is 0.416 e. The summed E-state index contributed by atoms with van der Waals surface area (Å²) in [5, 5.41) is 6.48. The number of likely N-dealkylation sites (N-methyl/N-ethyl adjacent to an activating group) is 1. The summed E-state index contributed by atoms with van der Waals surface area (Å²) < 4.78 is 44.2. The van der Waals surface area contributed by atoms with Gasteiger partial charge in [0.05, 0.1) is 16.8 Å². The highest BCUT2D eigenvalue weighted by atomic mass is 35.5. The van der Waals surface area contributed by atoms with E-state index in [1.165, 1.54) is 6.07 Å². The molecule has 0 spiro atoms. The van der Waals surface area contributed by atoms with Crippen LogP contribution in [0.3, 0.4) is 0 Å². The first kappa shape index (κ1) is 17.8. The van der Waals surface area contributed by atoms with Gasteiger partial charge in [-0.2, -0.15) is 18.3 Å². The molecule has 4 nitrogen and oxygen atoms in total. The summed E-state index contributed by atoms with van der Waals surface area (Å²) in [4.78, 5) is 2.21. The number of halogens is 4. The summed E-state index contributed by atoms with van der Waals surface area (Å²) in [7, 11) is 2.05. The molecule has 3 rings (SSSR count). The zero-order chi connectivity index (χ0) is 18.0. The molecule has 1 aliphatic rings. The first-order valence-electron chi connectivity index (χ1n) is 7.77. The fourth-order valence-corrected chi connectivity index (χ4v) is 2.72. The molecule has 2 aromatic rings. The molecule has 0 atom stereocenters. The van der Waals surface area contributed by atoms with E-state index in [1.807, 2.05) is 5.01 Å². The van der Waals surface area contributed by atoms with Crippen LogP contribution >= 0.6 is 11.6 Å². The van der Waals surface area contributed by atoms with Crippen LogP contribution in [0, 0.1) is 0 Å². The molecular weight excluding hydrogens is 355 g/mol. The van der Waals surface area contributed by atoms with Crippen molar-refractivity contribution in [2.45, 2.75) is 6.18 Å². The maximum atomic E-state index is 12.9. The van der Waals surface area contributed by atoms with Crippen LogP contribution in [0.1, 0.15) is 11.3 Å². The van der Waals surface area contributed by atoms with Gasteiger partial charge in [0.15, 0.2) is 0 Å². The number of nitrogens with zero attached hydrogens (tertiary/aromatic N) is 3. The predicted molar refractivity (Wildman–Crippen MR) is 90.8 cm³/mol. The second-order valence-corrected chi connectivity index (χ2v) is 6.30. The molecular formula is C17H17ClF3N3O. The van der Waals surface area contributed by atoms with Crippen molar-refractivity contribution >= 4 is 17.8 Å². The highest BCUT2D eigenvalue weighted by Crippen LogP contribution is 2.36. The minimum absolute atomic E-state index is 0.199. The van der Waals surface area contributed by atoms with Crippen LogP contribution in [0.15, 0.2) is 39.9 Å². The quantitative estimate of drug-likeness (QED) is 0.758. The number of hydrogen-bond acceptors (Lipinski definition) is 4. The van der Waals surface area contributed by atoms with E-state index in [1.54, 1.807) is 18.3 Å². The van der Waals surface area contributed by atoms with Crippen molar-refractivity contribution in [2.24, 2.45) is 5.10 Å². The minimum atomic E-state index is -4.43. The Balaban J connectivity index is 1.77. The Labute approximate surface area is 148 Å². The highest BCUT2D eigenvalue weighted by Gasteiger charge is 2.31. The molecule has 2 heterocycles. The normalized spacial score (nSPS) is 16.8. The molecule has 134 valence electrons.